The third-order valence-corrected chi connectivity index (χ3v) is 6.22. The number of pyridine rings is 1. The quantitative estimate of drug-likeness (QED) is 0.505. The fourth-order valence-electron chi connectivity index (χ4n) is 4.66. The van der Waals surface area contributed by atoms with Crippen molar-refractivity contribution in [1.82, 2.24) is 15.6 Å². The first-order chi connectivity index (χ1) is 17.5. The molecule has 9 heteroatoms. The second-order valence-electron chi connectivity index (χ2n) is 8.53. The van der Waals surface area contributed by atoms with Crippen LogP contribution in [0.15, 0.2) is 58.3 Å². The lowest BCUT2D eigenvalue weighted by molar-refractivity contribution is -0.139. The lowest BCUT2D eigenvalue weighted by atomic mass is 10.0. The minimum absolute atomic E-state index is 0.180. The number of amides is 2. The van der Waals surface area contributed by atoms with Gasteiger partial charge in [0.25, 0.3) is 0 Å². The molecule has 1 aliphatic carbocycles. The van der Waals surface area contributed by atoms with Crippen LogP contribution in [-0.4, -0.2) is 42.2 Å². The van der Waals surface area contributed by atoms with Gasteiger partial charge in [-0.2, -0.15) is 0 Å². The summed E-state index contributed by atoms with van der Waals surface area (Å²) < 4.78 is 16.3. The van der Waals surface area contributed by atoms with Gasteiger partial charge in [0.1, 0.15) is 12.4 Å². The van der Waals surface area contributed by atoms with E-state index < -0.39 is 24.0 Å². The molecule has 5 rings (SSSR count). The third kappa shape index (κ3) is 4.35. The van der Waals surface area contributed by atoms with Crippen molar-refractivity contribution in [3.63, 3.8) is 0 Å². The summed E-state index contributed by atoms with van der Waals surface area (Å²) >= 11 is 0. The summed E-state index contributed by atoms with van der Waals surface area (Å²) in [5, 5.41) is 5.89. The lowest BCUT2D eigenvalue weighted by Gasteiger charge is -2.26. The fraction of sp³-hybridized carbons (Fsp3) is 0.259. The molecule has 36 heavy (non-hydrogen) atoms. The summed E-state index contributed by atoms with van der Waals surface area (Å²) in [6, 6.07) is 10.0. The number of para-hydroxylation sites is 1. The van der Waals surface area contributed by atoms with Gasteiger partial charge >= 0.3 is 18.0 Å². The van der Waals surface area contributed by atoms with E-state index in [1.54, 1.807) is 20.1 Å². The maximum atomic E-state index is 13.5. The van der Waals surface area contributed by atoms with Crippen LogP contribution >= 0.6 is 0 Å². The summed E-state index contributed by atoms with van der Waals surface area (Å²) in [6.45, 7) is 3.26. The zero-order valence-electron chi connectivity index (χ0n) is 19.9. The number of rotatable bonds is 6. The number of carbonyl (C=O) groups is 3. The number of aromatic nitrogens is 1. The van der Waals surface area contributed by atoms with Gasteiger partial charge in [-0.15, -0.1) is 0 Å². The molecule has 0 spiro atoms. The van der Waals surface area contributed by atoms with Crippen LogP contribution in [0.5, 0.6) is 0 Å². The number of furan rings is 1. The molecule has 0 saturated carbocycles. The van der Waals surface area contributed by atoms with Crippen LogP contribution in [0.2, 0.25) is 0 Å². The summed E-state index contributed by atoms with van der Waals surface area (Å²) in [6.07, 6.45) is 4.87. The molecule has 1 unspecified atom stereocenters. The van der Waals surface area contributed by atoms with Crippen LogP contribution in [0.1, 0.15) is 47.6 Å². The molecule has 2 N–H and O–H groups in total. The van der Waals surface area contributed by atoms with E-state index in [0.717, 1.165) is 16.8 Å². The Balaban J connectivity index is 1.51. The molecule has 0 saturated heterocycles. The predicted molar refractivity (Wildman–Crippen MR) is 132 cm³/mol. The highest BCUT2D eigenvalue weighted by Gasteiger charge is 2.32. The lowest BCUT2D eigenvalue weighted by Crippen LogP contribution is -2.50. The predicted octanol–water partition coefficient (Wildman–Crippen LogP) is 3.99. The first kappa shape index (κ1) is 23.3. The fourth-order valence-corrected chi connectivity index (χ4v) is 4.66. The molecule has 1 aromatic carbocycles. The number of carbonyl (C=O) groups excluding carboxylic acids is 3. The normalized spacial score (nSPS) is 18.1. The van der Waals surface area contributed by atoms with E-state index in [-0.39, 0.29) is 24.5 Å². The molecule has 1 aliphatic heterocycles. The first-order valence-electron chi connectivity index (χ1n) is 11.8. The summed E-state index contributed by atoms with van der Waals surface area (Å²) in [7, 11) is 0. The zero-order chi connectivity index (χ0) is 25.2. The molecule has 0 bridgehead atoms. The second-order valence-corrected chi connectivity index (χ2v) is 8.53. The maximum absolute atomic E-state index is 13.5. The topological polar surface area (TPSA) is 120 Å². The van der Waals surface area contributed by atoms with Gasteiger partial charge in [-0.1, -0.05) is 18.2 Å². The molecule has 2 amide bonds. The number of hydrogen-bond donors (Lipinski definition) is 2. The van der Waals surface area contributed by atoms with Crippen molar-refractivity contribution in [2.45, 2.75) is 32.7 Å². The van der Waals surface area contributed by atoms with Crippen LogP contribution in [0.4, 0.5) is 4.79 Å². The molecule has 0 fully saturated rings. The van der Waals surface area contributed by atoms with Crippen molar-refractivity contribution in [2.24, 2.45) is 0 Å². The van der Waals surface area contributed by atoms with Crippen LogP contribution in [0.3, 0.4) is 0 Å². The largest absolute Gasteiger partial charge is 0.465 e. The Hall–Kier alpha value is -4.40. The van der Waals surface area contributed by atoms with Crippen molar-refractivity contribution >= 4 is 40.5 Å². The van der Waals surface area contributed by atoms with E-state index in [9.17, 15) is 14.4 Å². The Bertz CT molecular complexity index is 1420. The highest BCUT2D eigenvalue weighted by atomic mass is 16.5. The molecule has 3 heterocycles. The van der Waals surface area contributed by atoms with E-state index in [0.29, 0.717) is 35.1 Å². The average Bonchev–Trinajstić information content (AvgIpc) is 3.51. The van der Waals surface area contributed by atoms with Crippen LogP contribution in [0.25, 0.3) is 22.6 Å². The number of nitrogens with one attached hydrogen (secondary N) is 2. The van der Waals surface area contributed by atoms with Gasteiger partial charge in [0.2, 0.25) is 0 Å². The Kier molecular flexibility index (Phi) is 6.28. The summed E-state index contributed by atoms with van der Waals surface area (Å²) in [5.74, 6) is -0.419. The van der Waals surface area contributed by atoms with Gasteiger partial charge in [-0.25, -0.2) is 19.4 Å². The van der Waals surface area contributed by atoms with Crippen LogP contribution in [0, 0.1) is 0 Å². The van der Waals surface area contributed by atoms with E-state index in [2.05, 4.69) is 10.6 Å². The maximum Gasteiger partial charge on any atom is 0.339 e. The monoisotopic (exact) mass is 487 g/mol. The van der Waals surface area contributed by atoms with E-state index in [4.69, 9.17) is 18.9 Å². The van der Waals surface area contributed by atoms with E-state index in [1.165, 1.54) is 0 Å². The number of nitrogens with zero attached hydrogens (tertiary/aromatic N) is 1. The Morgan fingerprint density at radius 1 is 1.14 bits per heavy atom. The van der Waals surface area contributed by atoms with E-state index in [1.807, 2.05) is 42.5 Å². The Morgan fingerprint density at radius 2 is 1.97 bits per heavy atom. The molecular weight excluding hydrogens is 462 g/mol. The SMILES string of the molecule is CCOC(=O)C1=C(COC(=O)c2c3c(nc4ccccc24)/C(=C/c2ccco2)CC3)NC(=O)NC1C. The van der Waals surface area contributed by atoms with Crippen molar-refractivity contribution in [3.8, 4) is 0 Å². The smallest absolute Gasteiger partial charge is 0.339 e. The number of allylic oxidation sites excluding steroid dienone is 1. The molecule has 2 aromatic heterocycles. The number of fused-ring (bicyclic) bond motifs is 2. The molecular formula is C27H25N3O6. The van der Waals surface area contributed by atoms with Crippen molar-refractivity contribution in [3.05, 3.63) is 76.5 Å². The van der Waals surface area contributed by atoms with Crippen molar-refractivity contribution in [1.29, 1.82) is 0 Å². The highest BCUT2D eigenvalue weighted by Crippen LogP contribution is 2.38. The summed E-state index contributed by atoms with van der Waals surface area (Å²) in [5.41, 5.74) is 4.05. The second kappa shape index (κ2) is 9.69. The average molecular weight is 488 g/mol. The Morgan fingerprint density at radius 3 is 2.75 bits per heavy atom. The summed E-state index contributed by atoms with van der Waals surface area (Å²) in [4.78, 5) is 42.9. The van der Waals surface area contributed by atoms with E-state index >= 15 is 0 Å². The van der Waals surface area contributed by atoms with Gasteiger partial charge in [0.15, 0.2) is 0 Å². The number of urea groups is 1. The number of esters is 2. The van der Waals surface area contributed by atoms with Gasteiger partial charge < -0.3 is 24.5 Å². The standard InChI is InChI=1S/C27H25N3O6/c1-3-34-25(31)22-15(2)28-27(33)30-21(22)14-36-26(32)23-18-8-4-5-9-20(18)29-24-16(10-11-19(23)24)13-17-7-6-12-35-17/h4-9,12-13,15H,3,10-11,14H2,1-2H3,(H2,28,30,33)/b16-13+. The van der Waals surface area contributed by atoms with Crippen LogP contribution in [-0.2, 0) is 20.7 Å². The molecule has 2 aliphatic rings. The minimum atomic E-state index is -0.591. The van der Waals surface area contributed by atoms with Crippen LogP contribution < -0.4 is 10.6 Å². The molecule has 1 atom stereocenters. The van der Waals surface area contributed by atoms with Crippen molar-refractivity contribution in [2.75, 3.05) is 13.2 Å². The van der Waals surface area contributed by atoms with Crippen molar-refractivity contribution < 1.29 is 28.3 Å². The zero-order valence-corrected chi connectivity index (χ0v) is 19.9. The van der Waals surface area contributed by atoms with Gasteiger partial charge in [0.05, 0.1) is 47.0 Å². The first-order valence-corrected chi connectivity index (χ1v) is 11.8. The molecule has 0 radical (unpaired) electrons. The number of benzene rings is 1. The number of ether oxygens (including phenoxy) is 2. The van der Waals surface area contributed by atoms with Gasteiger partial charge in [0, 0.05) is 5.39 Å². The van der Waals surface area contributed by atoms with Gasteiger partial charge in [-0.3, -0.25) is 0 Å². The Labute approximate surface area is 207 Å². The molecule has 184 valence electrons. The molecule has 3 aromatic rings. The van der Waals surface area contributed by atoms with Gasteiger partial charge in [-0.05, 0) is 62.1 Å². The minimum Gasteiger partial charge on any atom is -0.465 e. The number of hydrogen-bond acceptors (Lipinski definition) is 7. The molecule has 9 nitrogen and oxygen atoms in total. The highest BCUT2D eigenvalue weighted by molar-refractivity contribution is 6.07. The third-order valence-electron chi connectivity index (χ3n) is 6.22.